The van der Waals surface area contributed by atoms with Gasteiger partial charge in [0.1, 0.15) is 5.76 Å². The molecule has 2 amide bonds. The Kier molecular flexibility index (Phi) is 9.93. The molecule has 0 aromatic rings. The quantitative estimate of drug-likeness (QED) is 0.287. The number of carbonyl (C=O) groups excluding carboxylic acids is 2. The highest BCUT2D eigenvalue weighted by molar-refractivity contribution is 6.80. The van der Waals surface area contributed by atoms with Crippen molar-refractivity contribution in [2.24, 2.45) is 17.8 Å². The van der Waals surface area contributed by atoms with Gasteiger partial charge in [0.2, 0.25) is 0 Å². The monoisotopic (exact) mass is 670 g/mol. The highest BCUT2D eigenvalue weighted by Crippen LogP contribution is 2.62. The number of ether oxygens (including phenoxy) is 3. The van der Waals surface area contributed by atoms with E-state index in [0.29, 0.717) is 29.5 Å². The molecule has 2 saturated heterocycles. The van der Waals surface area contributed by atoms with Crippen LogP contribution in [0.1, 0.15) is 116 Å². The fourth-order valence-corrected chi connectivity index (χ4v) is 17.3. The molecule has 1 N–H and O–H groups in total. The Morgan fingerprint density at radius 3 is 2.43 bits per heavy atom. The molecule has 47 heavy (non-hydrogen) atoms. The van der Waals surface area contributed by atoms with Crippen LogP contribution in [0, 0.1) is 17.8 Å². The van der Waals surface area contributed by atoms with Crippen LogP contribution in [-0.4, -0.2) is 91.6 Å². The summed E-state index contributed by atoms with van der Waals surface area (Å²) in [7, 11) is -0.110. The maximum Gasteiger partial charge on any atom is 0.265 e. The van der Waals surface area contributed by atoms with Crippen LogP contribution in [0.3, 0.4) is 0 Å². The molecular formula is C38H62N2O6Si. The smallest absolute Gasteiger partial charge is 0.265 e. The van der Waals surface area contributed by atoms with E-state index in [0.717, 1.165) is 75.8 Å². The second kappa shape index (κ2) is 13.7. The molecule has 7 rings (SSSR count). The van der Waals surface area contributed by atoms with Gasteiger partial charge in [-0.15, -0.1) is 0 Å². The molecule has 4 aliphatic carbocycles. The van der Waals surface area contributed by atoms with E-state index in [1.54, 1.807) is 0 Å². The highest BCUT2D eigenvalue weighted by Gasteiger charge is 2.71. The molecule has 5 fully saturated rings. The van der Waals surface area contributed by atoms with E-state index >= 15 is 4.79 Å². The molecule has 0 aromatic carbocycles. The summed E-state index contributed by atoms with van der Waals surface area (Å²) in [6.45, 7) is 8.54. The number of aliphatic hydroxyl groups excluding tert-OH is 1. The van der Waals surface area contributed by atoms with Gasteiger partial charge in [0.15, 0.2) is 12.2 Å². The Hall–Kier alpha value is -1.42. The Morgan fingerprint density at radius 1 is 0.957 bits per heavy atom. The van der Waals surface area contributed by atoms with Gasteiger partial charge >= 0.3 is 0 Å². The molecule has 9 heteroatoms. The van der Waals surface area contributed by atoms with Gasteiger partial charge in [-0.1, -0.05) is 52.1 Å². The van der Waals surface area contributed by atoms with Crippen molar-refractivity contribution in [1.82, 2.24) is 9.80 Å². The van der Waals surface area contributed by atoms with Gasteiger partial charge in [-0.25, -0.2) is 0 Å². The molecule has 3 aliphatic heterocycles. The Morgan fingerprint density at radius 2 is 1.70 bits per heavy atom. The maximum atomic E-state index is 15.3. The van der Waals surface area contributed by atoms with Gasteiger partial charge < -0.3 is 29.1 Å². The van der Waals surface area contributed by atoms with E-state index < -0.39 is 13.7 Å². The molecule has 0 radical (unpaired) electrons. The summed E-state index contributed by atoms with van der Waals surface area (Å²) in [5.74, 6) is 2.05. The second-order valence-electron chi connectivity index (χ2n) is 17.0. The van der Waals surface area contributed by atoms with E-state index in [1.807, 2.05) is 7.11 Å². The summed E-state index contributed by atoms with van der Waals surface area (Å²) in [5.41, 5.74) is 1.20. The third-order valence-corrected chi connectivity index (χ3v) is 19.8. The molecule has 0 bridgehead atoms. The summed E-state index contributed by atoms with van der Waals surface area (Å²) in [5, 5.41) is 10.4. The van der Waals surface area contributed by atoms with Crippen molar-refractivity contribution >= 4 is 19.9 Å². The van der Waals surface area contributed by atoms with Crippen molar-refractivity contribution in [3.8, 4) is 0 Å². The number of hydrogen-bond acceptors (Lipinski definition) is 6. The third-order valence-electron chi connectivity index (χ3n) is 14.5. The standard InChI is InChI=1S/C38H62N2O6Si/c1-25-36(47(3,4)29-17-15-28(44-2)16-18-29)34(20-21-41)46-38(25)30-22-27(40-32-12-8-9-13-33(32)45-24-35(40)42)14-19-31(30)39(37(38)43)23-26-10-6-5-7-11-26/h25-31,34,36,41H,5-24H2,1-4H3/t25-,27?,28?,29?,30?,31?,34+,36-,38+/m0/s1. The van der Waals surface area contributed by atoms with Gasteiger partial charge in [-0.05, 0) is 93.5 Å². The summed E-state index contributed by atoms with van der Waals surface area (Å²) >= 11 is 0. The number of fused-ring (bicyclic) bond motifs is 2. The van der Waals surface area contributed by atoms with Crippen LogP contribution in [0.5, 0.6) is 0 Å². The minimum absolute atomic E-state index is 0.0517. The highest BCUT2D eigenvalue weighted by atomic mass is 28.3. The molecule has 7 aliphatic rings. The number of methoxy groups -OCH3 is 1. The first-order valence-corrected chi connectivity index (χ1v) is 22.7. The van der Waals surface area contributed by atoms with Crippen molar-refractivity contribution < 1.29 is 28.9 Å². The number of nitrogens with zero attached hydrogens (tertiary/aromatic N) is 2. The molecule has 264 valence electrons. The molecule has 1 spiro atoms. The first kappa shape index (κ1) is 34.0. The minimum atomic E-state index is -1.95. The summed E-state index contributed by atoms with van der Waals surface area (Å²) in [4.78, 5) is 33.3. The fraction of sp³-hybridized carbons (Fsp3) is 0.895. The van der Waals surface area contributed by atoms with Crippen LogP contribution in [0.4, 0.5) is 0 Å². The molecular weight excluding hydrogens is 609 g/mol. The number of amides is 2. The molecule has 3 heterocycles. The minimum Gasteiger partial charge on any atom is -0.486 e. The lowest BCUT2D eigenvalue weighted by Crippen LogP contribution is -2.54. The van der Waals surface area contributed by atoms with Crippen molar-refractivity contribution in [2.45, 2.75) is 170 Å². The van der Waals surface area contributed by atoms with Crippen molar-refractivity contribution in [1.29, 1.82) is 0 Å². The van der Waals surface area contributed by atoms with E-state index in [4.69, 9.17) is 14.2 Å². The predicted octanol–water partition coefficient (Wildman–Crippen LogP) is 6.78. The van der Waals surface area contributed by atoms with Gasteiger partial charge in [0.05, 0.1) is 26.0 Å². The Labute approximate surface area is 284 Å². The van der Waals surface area contributed by atoms with E-state index in [1.165, 1.54) is 44.9 Å². The van der Waals surface area contributed by atoms with Crippen LogP contribution in [0.2, 0.25) is 24.2 Å². The zero-order valence-corrected chi connectivity index (χ0v) is 30.7. The summed E-state index contributed by atoms with van der Waals surface area (Å²) < 4.78 is 19.1. The van der Waals surface area contributed by atoms with Crippen molar-refractivity contribution in [3.63, 3.8) is 0 Å². The SMILES string of the molecule is COC1CCC([Si](C)(C)[C@@H]2[C@@H](CCO)O[C@]3(C(=O)N(CC4CCCCC4)C4CCC(N5C(=O)COC6=C5CCCC6)CC43)[C@H]2C)CC1. The van der Waals surface area contributed by atoms with Crippen LogP contribution in [0.15, 0.2) is 11.5 Å². The van der Waals surface area contributed by atoms with Crippen molar-refractivity contribution in [3.05, 3.63) is 11.5 Å². The largest absolute Gasteiger partial charge is 0.486 e. The number of allylic oxidation sites excluding steroid dienone is 2. The number of rotatable bonds is 8. The topological polar surface area (TPSA) is 88.5 Å². The first-order valence-electron chi connectivity index (χ1n) is 19.5. The van der Waals surface area contributed by atoms with Crippen LogP contribution >= 0.6 is 0 Å². The summed E-state index contributed by atoms with van der Waals surface area (Å²) in [6, 6.07) is 0.241. The van der Waals surface area contributed by atoms with Gasteiger partial charge in [0.25, 0.3) is 11.8 Å². The van der Waals surface area contributed by atoms with E-state index in [-0.39, 0.29) is 55.1 Å². The molecule has 8 nitrogen and oxygen atoms in total. The zero-order valence-electron chi connectivity index (χ0n) is 29.7. The van der Waals surface area contributed by atoms with Crippen LogP contribution in [0.25, 0.3) is 0 Å². The summed E-state index contributed by atoms with van der Waals surface area (Å²) in [6.07, 6.45) is 18.4. The van der Waals surface area contributed by atoms with Crippen LogP contribution < -0.4 is 0 Å². The average Bonchev–Trinajstić information content (AvgIpc) is 3.51. The molecule has 7 atom stereocenters. The average molecular weight is 671 g/mol. The van der Waals surface area contributed by atoms with Gasteiger partial charge in [-0.2, -0.15) is 0 Å². The predicted molar refractivity (Wildman–Crippen MR) is 184 cm³/mol. The molecule has 0 aromatic heterocycles. The Balaban J connectivity index is 1.23. The lowest BCUT2D eigenvalue weighted by atomic mass is 9.69. The number of likely N-dealkylation sites (tertiary alicyclic amines) is 1. The number of hydrogen-bond donors (Lipinski definition) is 1. The fourth-order valence-electron chi connectivity index (χ4n) is 12.2. The van der Waals surface area contributed by atoms with Crippen LogP contribution in [-0.2, 0) is 23.8 Å². The second-order valence-corrected chi connectivity index (χ2v) is 22.2. The Bertz CT molecular complexity index is 1190. The third kappa shape index (κ3) is 5.85. The maximum absolute atomic E-state index is 15.3. The van der Waals surface area contributed by atoms with E-state index in [2.05, 4.69) is 29.8 Å². The van der Waals surface area contributed by atoms with Gasteiger partial charge in [0, 0.05) is 44.7 Å². The normalized spacial score (nSPS) is 40.2. The zero-order chi connectivity index (χ0) is 32.9. The first-order chi connectivity index (χ1) is 22.7. The lowest BCUT2D eigenvalue weighted by Gasteiger charge is -2.47. The van der Waals surface area contributed by atoms with Gasteiger partial charge in [-0.3, -0.25) is 9.59 Å². The molecule has 3 saturated carbocycles. The number of aliphatic hydroxyl groups is 1. The van der Waals surface area contributed by atoms with E-state index in [9.17, 15) is 9.90 Å². The lowest BCUT2D eigenvalue weighted by molar-refractivity contribution is -0.157. The number of carbonyl (C=O) groups is 2. The molecule has 3 unspecified atom stereocenters. The van der Waals surface area contributed by atoms with Crippen molar-refractivity contribution in [2.75, 3.05) is 26.9 Å².